The molecule has 2 aromatic carbocycles. The average molecular weight is 437 g/mol. The van der Waals surface area contributed by atoms with Gasteiger partial charge < -0.3 is 15.5 Å². The molecule has 7 nitrogen and oxygen atoms in total. The van der Waals surface area contributed by atoms with Gasteiger partial charge in [0.2, 0.25) is 17.7 Å². The third kappa shape index (κ3) is 6.40. The Bertz CT molecular complexity index is 933. The summed E-state index contributed by atoms with van der Waals surface area (Å²) >= 11 is 0. The van der Waals surface area contributed by atoms with E-state index < -0.39 is 0 Å². The molecular weight excluding hydrogens is 404 g/mol. The van der Waals surface area contributed by atoms with Crippen LogP contribution in [0.5, 0.6) is 0 Å². The zero-order chi connectivity index (χ0) is 23.1. The minimum absolute atomic E-state index is 0.00670. The Hall–Kier alpha value is -3.19. The highest BCUT2D eigenvalue weighted by Gasteiger charge is 2.25. The van der Waals surface area contributed by atoms with Crippen LogP contribution in [0.1, 0.15) is 36.1 Å². The van der Waals surface area contributed by atoms with Gasteiger partial charge in [0, 0.05) is 38.8 Å². The Morgan fingerprint density at radius 2 is 1.53 bits per heavy atom. The molecule has 1 heterocycles. The van der Waals surface area contributed by atoms with Gasteiger partial charge in [-0.25, -0.2) is 0 Å². The Morgan fingerprint density at radius 3 is 2.12 bits per heavy atom. The molecule has 32 heavy (non-hydrogen) atoms. The first-order valence-electron chi connectivity index (χ1n) is 11.0. The Morgan fingerprint density at radius 1 is 0.906 bits per heavy atom. The van der Waals surface area contributed by atoms with Crippen molar-refractivity contribution in [3.05, 3.63) is 65.2 Å². The predicted molar refractivity (Wildman–Crippen MR) is 125 cm³/mol. The number of amides is 3. The first kappa shape index (κ1) is 23.5. The van der Waals surface area contributed by atoms with Crippen molar-refractivity contribution in [3.8, 4) is 0 Å². The molecule has 3 rings (SSSR count). The molecule has 0 spiro atoms. The molecule has 1 saturated heterocycles. The number of rotatable bonds is 7. The van der Waals surface area contributed by atoms with Crippen molar-refractivity contribution in [1.29, 1.82) is 0 Å². The number of aryl methyl sites for hydroxylation is 2. The average Bonchev–Trinajstić information content (AvgIpc) is 2.77. The van der Waals surface area contributed by atoms with Crippen molar-refractivity contribution in [1.82, 2.24) is 15.1 Å². The molecule has 1 atom stereocenters. The molecule has 0 radical (unpaired) electrons. The number of para-hydroxylation sites is 1. The number of hydrogen-bond acceptors (Lipinski definition) is 4. The Kier molecular flexibility index (Phi) is 8.00. The molecule has 0 unspecified atom stereocenters. The zero-order valence-corrected chi connectivity index (χ0v) is 19.1. The lowest BCUT2D eigenvalue weighted by Crippen LogP contribution is -2.51. The van der Waals surface area contributed by atoms with Gasteiger partial charge >= 0.3 is 0 Å². The van der Waals surface area contributed by atoms with Crippen molar-refractivity contribution in [2.75, 3.05) is 38.0 Å². The van der Waals surface area contributed by atoms with E-state index >= 15 is 0 Å². The molecule has 2 N–H and O–H groups in total. The van der Waals surface area contributed by atoms with Gasteiger partial charge in [-0.2, -0.15) is 0 Å². The first-order valence-corrected chi connectivity index (χ1v) is 11.0. The number of nitrogens with zero attached hydrogens (tertiary/aromatic N) is 2. The second-order valence-corrected chi connectivity index (χ2v) is 8.34. The summed E-state index contributed by atoms with van der Waals surface area (Å²) in [5.74, 6) is -0.199. The van der Waals surface area contributed by atoms with E-state index in [0.29, 0.717) is 32.7 Å². The van der Waals surface area contributed by atoms with Crippen LogP contribution in [0.4, 0.5) is 5.69 Å². The van der Waals surface area contributed by atoms with Crippen LogP contribution in [-0.2, 0) is 14.4 Å². The third-order valence-corrected chi connectivity index (χ3v) is 5.80. The molecule has 1 aliphatic rings. The molecule has 7 heteroatoms. The van der Waals surface area contributed by atoms with Gasteiger partial charge in [-0.1, -0.05) is 48.5 Å². The highest BCUT2D eigenvalue weighted by atomic mass is 16.2. The van der Waals surface area contributed by atoms with Crippen LogP contribution in [0, 0.1) is 13.8 Å². The maximum atomic E-state index is 12.9. The van der Waals surface area contributed by atoms with Gasteiger partial charge in [-0.3, -0.25) is 19.3 Å². The van der Waals surface area contributed by atoms with E-state index in [-0.39, 0.29) is 30.2 Å². The fraction of sp³-hybridized carbons (Fsp3) is 0.400. The summed E-state index contributed by atoms with van der Waals surface area (Å²) in [5.41, 5.74) is 3.87. The fourth-order valence-electron chi connectivity index (χ4n) is 4.04. The summed E-state index contributed by atoms with van der Waals surface area (Å²) in [5, 5.41) is 5.90. The number of carbonyl (C=O) groups excluding carboxylic acids is 3. The lowest BCUT2D eigenvalue weighted by Gasteiger charge is -2.35. The van der Waals surface area contributed by atoms with Crippen molar-refractivity contribution < 1.29 is 14.4 Å². The van der Waals surface area contributed by atoms with Crippen LogP contribution < -0.4 is 10.6 Å². The molecule has 0 aromatic heterocycles. The van der Waals surface area contributed by atoms with Crippen molar-refractivity contribution in [2.45, 2.75) is 33.2 Å². The SMILES string of the molecule is CC(=O)N[C@@H](CC(=O)N1CCN(CC(=O)Nc2c(C)cccc2C)CC1)c1ccccc1. The van der Waals surface area contributed by atoms with E-state index in [4.69, 9.17) is 0 Å². The van der Waals surface area contributed by atoms with Crippen molar-refractivity contribution >= 4 is 23.4 Å². The summed E-state index contributed by atoms with van der Waals surface area (Å²) < 4.78 is 0. The van der Waals surface area contributed by atoms with E-state index in [1.165, 1.54) is 6.92 Å². The summed E-state index contributed by atoms with van der Waals surface area (Å²) in [7, 11) is 0. The lowest BCUT2D eigenvalue weighted by atomic mass is 10.0. The minimum atomic E-state index is -0.345. The standard InChI is InChI=1S/C25H32N4O3/c1-18-8-7-9-19(2)25(18)27-23(31)17-28-12-14-29(15-13-28)24(32)16-22(26-20(3)30)21-10-5-4-6-11-21/h4-11,22H,12-17H2,1-3H3,(H,26,30)(H,27,31)/t22-/m0/s1. The Balaban J connectivity index is 1.50. The minimum Gasteiger partial charge on any atom is -0.349 e. The summed E-state index contributed by atoms with van der Waals surface area (Å²) in [6, 6.07) is 15.1. The largest absolute Gasteiger partial charge is 0.349 e. The zero-order valence-electron chi connectivity index (χ0n) is 19.1. The van der Waals surface area contributed by atoms with E-state index in [9.17, 15) is 14.4 Å². The van der Waals surface area contributed by atoms with Gasteiger partial charge in [0.05, 0.1) is 19.0 Å². The lowest BCUT2D eigenvalue weighted by molar-refractivity contribution is -0.133. The smallest absolute Gasteiger partial charge is 0.238 e. The monoisotopic (exact) mass is 436 g/mol. The van der Waals surface area contributed by atoms with E-state index in [0.717, 1.165) is 22.4 Å². The van der Waals surface area contributed by atoms with Crippen molar-refractivity contribution in [2.24, 2.45) is 0 Å². The molecule has 3 amide bonds. The van der Waals surface area contributed by atoms with Crippen LogP contribution >= 0.6 is 0 Å². The van der Waals surface area contributed by atoms with E-state index in [1.807, 2.05) is 67.3 Å². The van der Waals surface area contributed by atoms with E-state index in [2.05, 4.69) is 15.5 Å². The number of hydrogen-bond donors (Lipinski definition) is 2. The maximum Gasteiger partial charge on any atom is 0.238 e. The van der Waals surface area contributed by atoms with E-state index in [1.54, 1.807) is 0 Å². The van der Waals surface area contributed by atoms with Gasteiger partial charge in [-0.15, -0.1) is 0 Å². The van der Waals surface area contributed by atoms with Gasteiger partial charge in [0.1, 0.15) is 0 Å². The summed E-state index contributed by atoms with van der Waals surface area (Å²) in [6.45, 7) is 8.14. The van der Waals surface area contributed by atoms with Gasteiger partial charge in [-0.05, 0) is 30.5 Å². The van der Waals surface area contributed by atoms with Crippen LogP contribution in [0.25, 0.3) is 0 Å². The molecule has 0 aliphatic carbocycles. The van der Waals surface area contributed by atoms with Crippen LogP contribution in [0.3, 0.4) is 0 Å². The molecule has 0 saturated carbocycles. The summed E-state index contributed by atoms with van der Waals surface area (Å²) in [4.78, 5) is 40.9. The first-order chi connectivity index (χ1) is 15.3. The van der Waals surface area contributed by atoms with Gasteiger partial charge in [0.15, 0.2) is 0 Å². The number of nitrogens with one attached hydrogen (secondary N) is 2. The van der Waals surface area contributed by atoms with Crippen LogP contribution in [0.2, 0.25) is 0 Å². The predicted octanol–water partition coefficient (Wildman–Crippen LogP) is 2.65. The van der Waals surface area contributed by atoms with Crippen LogP contribution in [-0.4, -0.2) is 60.2 Å². The quantitative estimate of drug-likeness (QED) is 0.699. The molecule has 1 aliphatic heterocycles. The molecule has 0 bridgehead atoms. The molecular formula is C25H32N4O3. The third-order valence-electron chi connectivity index (χ3n) is 5.80. The number of anilines is 1. The maximum absolute atomic E-state index is 12.9. The second kappa shape index (κ2) is 10.9. The Labute approximate surface area is 189 Å². The normalized spacial score (nSPS) is 15.2. The highest BCUT2D eigenvalue weighted by molar-refractivity contribution is 5.93. The molecule has 2 aromatic rings. The molecule has 1 fully saturated rings. The molecule has 170 valence electrons. The number of piperazine rings is 1. The fourth-order valence-corrected chi connectivity index (χ4v) is 4.04. The van der Waals surface area contributed by atoms with Crippen molar-refractivity contribution in [3.63, 3.8) is 0 Å². The number of benzene rings is 2. The number of carbonyl (C=O) groups is 3. The summed E-state index contributed by atoms with van der Waals surface area (Å²) in [6.07, 6.45) is 0.219. The van der Waals surface area contributed by atoms with Gasteiger partial charge in [0.25, 0.3) is 0 Å². The second-order valence-electron chi connectivity index (χ2n) is 8.34. The topological polar surface area (TPSA) is 81.8 Å². The van der Waals surface area contributed by atoms with Crippen LogP contribution in [0.15, 0.2) is 48.5 Å². The highest BCUT2D eigenvalue weighted by Crippen LogP contribution is 2.20.